The van der Waals surface area contributed by atoms with E-state index in [1.165, 1.54) is 22.9 Å². The van der Waals surface area contributed by atoms with Crippen LogP contribution in [0.25, 0.3) is 16.9 Å². The number of carbonyl (C=O) groups excluding carboxylic acids is 1. The summed E-state index contributed by atoms with van der Waals surface area (Å²) in [6.07, 6.45) is -4.52. The molecule has 3 aromatic rings. The zero-order valence-corrected chi connectivity index (χ0v) is 13.2. The van der Waals surface area contributed by atoms with E-state index in [1.807, 2.05) is 0 Å². The summed E-state index contributed by atoms with van der Waals surface area (Å²) in [5, 5.41) is 15.5. The molecule has 0 aliphatic carbocycles. The molecule has 0 N–H and O–H groups in total. The van der Waals surface area contributed by atoms with Gasteiger partial charge < -0.3 is 9.90 Å². The van der Waals surface area contributed by atoms with Gasteiger partial charge in [0.1, 0.15) is 5.69 Å². The maximum atomic E-state index is 12.9. The Hall–Kier alpha value is -2.80. The summed E-state index contributed by atoms with van der Waals surface area (Å²) in [6, 6.07) is 12.0. The van der Waals surface area contributed by atoms with Gasteiger partial charge in [0.25, 0.3) is 0 Å². The summed E-state index contributed by atoms with van der Waals surface area (Å²) < 4.78 is 40.1. The van der Waals surface area contributed by atoms with Crippen molar-refractivity contribution < 1.29 is 23.1 Å². The van der Waals surface area contributed by atoms with Gasteiger partial charge >= 0.3 is 6.18 Å². The SMILES string of the molecule is O=C([O-])c1cc(-c2cccc(C(F)(F)F)c2)n(-c2ccc(Cl)cc2)n1. The van der Waals surface area contributed by atoms with Crippen LogP contribution in [0.15, 0.2) is 54.6 Å². The third-order valence-electron chi connectivity index (χ3n) is 3.48. The van der Waals surface area contributed by atoms with E-state index in [-0.39, 0.29) is 17.0 Å². The average molecular weight is 366 g/mol. The highest BCUT2D eigenvalue weighted by atomic mass is 35.5. The number of alkyl halides is 3. The van der Waals surface area contributed by atoms with Gasteiger partial charge in [-0.2, -0.15) is 18.3 Å². The van der Waals surface area contributed by atoms with Crippen molar-refractivity contribution in [1.29, 1.82) is 0 Å². The van der Waals surface area contributed by atoms with Crippen LogP contribution in [0.2, 0.25) is 5.02 Å². The lowest BCUT2D eigenvalue weighted by Gasteiger charge is -2.11. The van der Waals surface area contributed by atoms with Crippen LogP contribution in [0.3, 0.4) is 0 Å². The van der Waals surface area contributed by atoms with Gasteiger partial charge in [0, 0.05) is 10.6 Å². The van der Waals surface area contributed by atoms with E-state index in [9.17, 15) is 23.1 Å². The Labute approximate surface area is 145 Å². The Kier molecular flexibility index (Phi) is 4.26. The van der Waals surface area contributed by atoms with Crippen molar-refractivity contribution in [3.8, 4) is 16.9 Å². The normalized spacial score (nSPS) is 11.5. The van der Waals surface area contributed by atoms with Crippen LogP contribution in [0.1, 0.15) is 16.1 Å². The van der Waals surface area contributed by atoms with Crippen LogP contribution in [-0.4, -0.2) is 15.7 Å². The van der Waals surface area contributed by atoms with E-state index in [0.29, 0.717) is 10.7 Å². The molecule has 25 heavy (non-hydrogen) atoms. The first-order valence-electron chi connectivity index (χ1n) is 7.01. The van der Waals surface area contributed by atoms with Crippen molar-refractivity contribution in [2.75, 3.05) is 0 Å². The molecule has 1 heterocycles. The van der Waals surface area contributed by atoms with E-state index in [4.69, 9.17) is 11.6 Å². The minimum Gasteiger partial charge on any atom is -0.543 e. The van der Waals surface area contributed by atoms with E-state index in [2.05, 4.69) is 5.10 Å². The molecule has 0 amide bonds. The molecule has 0 fully saturated rings. The third-order valence-corrected chi connectivity index (χ3v) is 3.73. The van der Waals surface area contributed by atoms with E-state index in [0.717, 1.165) is 12.1 Å². The number of aromatic nitrogens is 2. The zero-order valence-electron chi connectivity index (χ0n) is 12.4. The third kappa shape index (κ3) is 3.51. The van der Waals surface area contributed by atoms with Crippen LogP contribution in [0, 0.1) is 0 Å². The van der Waals surface area contributed by atoms with E-state index in [1.54, 1.807) is 24.3 Å². The fraction of sp³-hybridized carbons (Fsp3) is 0.0588. The molecule has 0 radical (unpaired) electrons. The standard InChI is InChI=1S/C17H10ClF3N2O2/c18-12-4-6-13(7-5-12)23-15(9-14(22-23)16(24)25)10-2-1-3-11(8-10)17(19,20)21/h1-9H,(H,24,25)/p-1. The number of carboxylic acid groups (broad SMARTS) is 1. The Morgan fingerprint density at radius 2 is 1.76 bits per heavy atom. The second-order valence-electron chi connectivity index (χ2n) is 5.17. The summed E-state index contributed by atoms with van der Waals surface area (Å²) in [5.74, 6) is -1.53. The largest absolute Gasteiger partial charge is 0.543 e. The molecule has 0 atom stereocenters. The molecular formula is C17H9ClF3N2O2-. The Morgan fingerprint density at radius 1 is 1.08 bits per heavy atom. The first kappa shape index (κ1) is 17.0. The second-order valence-corrected chi connectivity index (χ2v) is 5.61. The Morgan fingerprint density at radius 3 is 2.36 bits per heavy atom. The fourth-order valence-electron chi connectivity index (χ4n) is 2.32. The number of carbonyl (C=O) groups is 1. The minimum atomic E-state index is -4.52. The van der Waals surface area contributed by atoms with Crippen LogP contribution in [-0.2, 0) is 6.18 Å². The highest BCUT2D eigenvalue weighted by Gasteiger charge is 2.30. The smallest absolute Gasteiger partial charge is 0.416 e. The van der Waals surface area contributed by atoms with Crippen molar-refractivity contribution in [3.63, 3.8) is 0 Å². The molecule has 2 aromatic carbocycles. The number of aromatic carboxylic acids is 1. The predicted octanol–water partition coefficient (Wildman–Crippen LogP) is 3.58. The van der Waals surface area contributed by atoms with Gasteiger partial charge in [0.15, 0.2) is 0 Å². The molecule has 0 saturated carbocycles. The molecule has 0 spiro atoms. The number of nitrogens with zero attached hydrogens (tertiary/aromatic N) is 2. The quantitative estimate of drug-likeness (QED) is 0.713. The molecule has 128 valence electrons. The number of benzene rings is 2. The summed E-state index contributed by atoms with van der Waals surface area (Å²) in [4.78, 5) is 11.1. The molecular weight excluding hydrogens is 357 g/mol. The summed E-state index contributed by atoms with van der Waals surface area (Å²) in [6.45, 7) is 0. The molecule has 0 bridgehead atoms. The number of rotatable bonds is 3. The van der Waals surface area contributed by atoms with Gasteiger partial charge in [-0.3, -0.25) is 0 Å². The monoisotopic (exact) mass is 365 g/mol. The maximum Gasteiger partial charge on any atom is 0.416 e. The molecule has 0 unspecified atom stereocenters. The van der Waals surface area contributed by atoms with Crippen LogP contribution < -0.4 is 5.11 Å². The number of halogens is 4. The predicted molar refractivity (Wildman–Crippen MR) is 83.3 cm³/mol. The summed E-state index contributed by atoms with van der Waals surface area (Å²) in [7, 11) is 0. The van der Waals surface area contributed by atoms with Crippen molar-refractivity contribution in [2.24, 2.45) is 0 Å². The summed E-state index contributed by atoms with van der Waals surface area (Å²) in [5.41, 5.74) is -0.423. The first-order chi connectivity index (χ1) is 11.8. The number of hydrogen-bond donors (Lipinski definition) is 0. The zero-order chi connectivity index (χ0) is 18.2. The average Bonchev–Trinajstić information content (AvgIpc) is 3.00. The number of carboxylic acids is 1. The summed E-state index contributed by atoms with van der Waals surface area (Å²) >= 11 is 5.82. The molecule has 0 aliphatic rings. The van der Waals surface area contributed by atoms with Gasteiger partial charge in [0.2, 0.25) is 0 Å². The Bertz CT molecular complexity index is 934. The van der Waals surface area contributed by atoms with Crippen LogP contribution in [0.5, 0.6) is 0 Å². The van der Waals surface area contributed by atoms with Crippen molar-refractivity contribution >= 4 is 17.6 Å². The van der Waals surface area contributed by atoms with Crippen molar-refractivity contribution in [2.45, 2.75) is 6.18 Å². The molecule has 4 nitrogen and oxygen atoms in total. The second kappa shape index (κ2) is 6.25. The van der Waals surface area contributed by atoms with Gasteiger partial charge in [-0.15, -0.1) is 0 Å². The van der Waals surface area contributed by atoms with E-state index >= 15 is 0 Å². The fourth-order valence-corrected chi connectivity index (χ4v) is 2.45. The van der Waals surface area contributed by atoms with Crippen LogP contribution >= 0.6 is 11.6 Å². The van der Waals surface area contributed by atoms with E-state index < -0.39 is 17.7 Å². The lowest BCUT2D eigenvalue weighted by atomic mass is 10.1. The molecule has 8 heteroatoms. The topological polar surface area (TPSA) is 57.9 Å². The van der Waals surface area contributed by atoms with Crippen LogP contribution in [0.4, 0.5) is 13.2 Å². The van der Waals surface area contributed by atoms with Crippen molar-refractivity contribution in [3.05, 3.63) is 70.9 Å². The number of hydrogen-bond acceptors (Lipinski definition) is 3. The van der Waals surface area contributed by atoms with Gasteiger partial charge in [-0.05, 0) is 42.5 Å². The highest BCUT2D eigenvalue weighted by molar-refractivity contribution is 6.30. The minimum absolute atomic E-state index is 0.171. The molecule has 3 rings (SSSR count). The molecule has 0 aliphatic heterocycles. The van der Waals surface area contributed by atoms with Gasteiger partial charge in [-0.25, -0.2) is 4.68 Å². The van der Waals surface area contributed by atoms with Gasteiger partial charge in [-0.1, -0.05) is 23.7 Å². The highest BCUT2D eigenvalue weighted by Crippen LogP contribution is 2.33. The van der Waals surface area contributed by atoms with Crippen molar-refractivity contribution in [1.82, 2.24) is 9.78 Å². The first-order valence-corrected chi connectivity index (χ1v) is 7.38. The lowest BCUT2D eigenvalue weighted by molar-refractivity contribution is -0.255. The molecule has 1 aromatic heterocycles. The Balaban J connectivity index is 2.18. The maximum absolute atomic E-state index is 12.9. The van der Waals surface area contributed by atoms with Gasteiger partial charge in [0.05, 0.1) is 22.9 Å². The molecule has 0 saturated heterocycles. The lowest BCUT2D eigenvalue weighted by Crippen LogP contribution is -2.22.